The van der Waals surface area contributed by atoms with E-state index in [1.165, 1.54) is 24.3 Å². The second kappa shape index (κ2) is 7.14. The number of phenols is 1. The summed E-state index contributed by atoms with van der Waals surface area (Å²) in [7, 11) is 0. The van der Waals surface area contributed by atoms with Crippen LogP contribution >= 0.6 is 0 Å². The monoisotopic (exact) mass is 386 g/mol. The van der Waals surface area contributed by atoms with E-state index in [9.17, 15) is 29.7 Å². The third-order valence-electron chi connectivity index (χ3n) is 4.20. The Labute approximate surface area is 156 Å². The van der Waals surface area contributed by atoms with Gasteiger partial charge in [0.15, 0.2) is 12.2 Å². The molecule has 0 radical (unpaired) electrons. The molecule has 0 amide bonds. The number of carbonyl (C=O) groups is 2. The van der Waals surface area contributed by atoms with E-state index in [0.717, 1.165) is 18.4 Å². The molecule has 0 bridgehead atoms. The van der Waals surface area contributed by atoms with Gasteiger partial charge in [0.1, 0.15) is 23.0 Å². The number of benzene rings is 2. The lowest BCUT2D eigenvalue weighted by Gasteiger charge is -2.10. The van der Waals surface area contributed by atoms with Crippen LogP contribution in [0.1, 0.15) is 23.3 Å². The van der Waals surface area contributed by atoms with E-state index in [2.05, 4.69) is 0 Å². The minimum absolute atomic E-state index is 0.0608. The highest BCUT2D eigenvalue weighted by molar-refractivity contribution is 5.88. The highest BCUT2D eigenvalue weighted by atomic mass is 16.4. The molecule has 144 valence electrons. The van der Waals surface area contributed by atoms with Gasteiger partial charge < -0.3 is 29.9 Å². The summed E-state index contributed by atoms with van der Waals surface area (Å²) in [4.78, 5) is 34.5. The summed E-state index contributed by atoms with van der Waals surface area (Å²) in [5.74, 6) is -3.50. The largest absolute Gasteiger partial charge is 0.507 e. The number of carboxylic acid groups (broad SMARTS) is 2. The van der Waals surface area contributed by atoms with E-state index in [1.54, 1.807) is 0 Å². The highest BCUT2D eigenvalue weighted by Crippen LogP contribution is 2.30. The smallest absolute Gasteiger partial charge is 0.337 e. The molecule has 2 aromatic carbocycles. The molecule has 28 heavy (non-hydrogen) atoms. The standard InChI is InChI=1S/C19H14O9/c20-12-5-10(16(22)19(26)27)6-13-14(12)17(23)11(7-28-13)8-1-3-9(4-2-8)15(21)18(24)25/h1-7,15-16,20-22H,(H,24,25)(H,26,27). The van der Waals surface area contributed by atoms with Crippen molar-refractivity contribution >= 4 is 22.9 Å². The number of aliphatic carboxylic acids is 2. The zero-order valence-corrected chi connectivity index (χ0v) is 14.1. The van der Waals surface area contributed by atoms with Crippen LogP contribution < -0.4 is 5.43 Å². The van der Waals surface area contributed by atoms with Gasteiger partial charge in [-0.15, -0.1) is 0 Å². The Kier molecular flexibility index (Phi) is 4.87. The summed E-state index contributed by atoms with van der Waals surface area (Å²) in [5.41, 5.74) is -0.336. The van der Waals surface area contributed by atoms with Crippen molar-refractivity contribution in [1.82, 2.24) is 0 Å². The van der Waals surface area contributed by atoms with Crippen molar-refractivity contribution in [3.63, 3.8) is 0 Å². The molecule has 0 spiro atoms. The number of carboxylic acids is 2. The Balaban J connectivity index is 2.09. The Hall–Kier alpha value is -3.69. The summed E-state index contributed by atoms with van der Waals surface area (Å²) >= 11 is 0. The van der Waals surface area contributed by atoms with Gasteiger partial charge in [-0.1, -0.05) is 24.3 Å². The topological polar surface area (TPSA) is 165 Å². The van der Waals surface area contributed by atoms with E-state index >= 15 is 0 Å². The van der Waals surface area contributed by atoms with Crippen molar-refractivity contribution in [2.75, 3.05) is 0 Å². The van der Waals surface area contributed by atoms with Crippen LogP contribution in [-0.4, -0.2) is 37.5 Å². The number of hydrogen-bond donors (Lipinski definition) is 5. The number of aromatic hydroxyl groups is 1. The summed E-state index contributed by atoms with van der Waals surface area (Å²) < 4.78 is 5.34. The molecule has 2 unspecified atom stereocenters. The fourth-order valence-electron chi connectivity index (χ4n) is 2.74. The van der Waals surface area contributed by atoms with Crippen LogP contribution in [0.4, 0.5) is 0 Å². The van der Waals surface area contributed by atoms with Crippen LogP contribution in [0.2, 0.25) is 0 Å². The maximum Gasteiger partial charge on any atom is 0.337 e. The maximum atomic E-state index is 12.7. The predicted molar refractivity (Wildman–Crippen MR) is 94.8 cm³/mol. The van der Waals surface area contributed by atoms with Gasteiger partial charge in [0, 0.05) is 0 Å². The third kappa shape index (κ3) is 3.31. The molecule has 3 aromatic rings. The Morgan fingerprint density at radius 2 is 1.46 bits per heavy atom. The molecule has 1 heterocycles. The SMILES string of the molecule is O=C(O)C(O)c1ccc(-c2coc3cc(C(O)C(=O)O)cc(O)c3c2=O)cc1. The summed E-state index contributed by atoms with van der Waals surface area (Å²) in [5, 5.41) is 46.8. The van der Waals surface area contributed by atoms with E-state index in [1.807, 2.05) is 0 Å². The van der Waals surface area contributed by atoms with Gasteiger partial charge in [-0.3, -0.25) is 4.79 Å². The maximum absolute atomic E-state index is 12.7. The van der Waals surface area contributed by atoms with Crippen molar-refractivity contribution in [2.24, 2.45) is 0 Å². The fourth-order valence-corrected chi connectivity index (χ4v) is 2.74. The van der Waals surface area contributed by atoms with Gasteiger partial charge in [0.25, 0.3) is 0 Å². The van der Waals surface area contributed by atoms with Crippen LogP contribution in [0, 0.1) is 0 Å². The molecule has 0 aliphatic carbocycles. The van der Waals surface area contributed by atoms with E-state index in [4.69, 9.17) is 14.6 Å². The number of aliphatic hydroxyl groups excluding tert-OH is 2. The molecule has 2 atom stereocenters. The van der Waals surface area contributed by atoms with Crippen molar-refractivity contribution in [1.29, 1.82) is 0 Å². The number of rotatable bonds is 5. The molecule has 1 aromatic heterocycles. The van der Waals surface area contributed by atoms with Crippen LogP contribution in [0.25, 0.3) is 22.1 Å². The Morgan fingerprint density at radius 3 is 2.04 bits per heavy atom. The van der Waals surface area contributed by atoms with Crippen LogP contribution in [0.15, 0.2) is 51.9 Å². The second-order valence-electron chi connectivity index (χ2n) is 6.00. The molecular weight excluding hydrogens is 372 g/mol. The first-order chi connectivity index (χ1) is 13.2. The zero-order valence-electron chi connectivity index (χ0n) is 14.1. The molecule has 3 rings (SSSR count). The van der Waals surface area contributed by atoms with Gasteiger partial charge in [0.2, 0.25) is 5.43 Å². The lowest BCUT2D eigenvalue weighted by molar-refractivity contribution is -0.147. The van der Waals surface area contributed by atoms with Crippen molar-refractivity contribution in [2.45, 2.75) is 12.2 Å². The first-order valence-corrected chi connectivity index (χ1v) is 7.91. The molecule has 0 saturated carbocycles. The minimum Gasteiger partial charge on any atom is -0.507 e. The van der Waals surface area contributed by atoms with Crippen LogP contribution in [0.5, 0.6) is 5.75 Å². The summed E-state index contributed by atoms with van der Waals surface area (Å²) in [6.07, 6.45) is -2.50. The third-order valence-corrected chi connectivity index (χ3v) is 4.20. The molecule has 5 N–H and O–H groups in total. The summed E-state index contributed by atoms with van der Waals surface area (Å²) in [6, 6.07) is 7.62. The molecule has 0 fully saturated rings. The normalized spacial score (nSPS) is 13.2. The van der Waals surface area contributed by atoms with E-state index in [-0.39, 0.29) is 27.7 Å². The van der Waals surface area contributed by atoms with Gasteiger partial charge in [0.05, 0.1) is 5.56 Å². The lowest BCUT2D eigenvalue weighted by atomic mass is 10.0. The molecule has 0 aliphatic heterocycles. The van der Waals surface area contributed by atoms with E-state index < -0.39 is 35.3 Å². The number of phenolic OH excluding ortho intramolecular Hbond substituents is 1. The Bertz CT molecular complexity index is 1130. The molecular formula is C19H14O9. The van der Waals surface area contributed by atoms with Crippen molar-refractivity contribution in [3.8, 4) is 16.9 Å². The minimum atomic E-state index is -1.89. The number of fused-ring (bicyclic) bond motifs is 1. The number of aliphatic hydroxyl groups is 2. The van der Waals surface area contributed by atoms with Gasteiger partial charge in [-0.2, -0.15) is 0 Å². The molecule has 0 aliphatic rings. The van der Waals surface area contributed by atoms with E-state index in [0.29, 0.717) is 5.56 Å². The Morgan fingerprint density at radius 1 is 0.893 bits per heavy atom. The average molecular weight is 386 g/mol. The van der Waals surface area contributed by atoms with Crippen LogP contribution in [0.3, 0.4) is 0 Å². The van der Waals surface area contributed by atoms with Crippen LogP contribution in [-0.2, 0) is 9.59 Å². The van der Waals surface area contributed by atoms with Gasteiger partial charge in [-0.25, -0.2) is 9.59 Å². The fraction of sp³-hybridized carbons (Fsp3) is 0.105. The number of hydrogen-bond acceptors (Lipinski definition) is 7. The molecule has 9 heteroatoms. The lowest BCUT2D eigenvalue weighted by Crippen LogP contribution is -2.12. The second-order valence-corrected chi connectivity index (χ2v) is 6.00. The highest BCUT2D eigenvalue weighted by Gasteiger charge is 2.21. The average Bonchev–Trinajstić information content (AvgIpc) is 2.66. The summed E-state index contributed by atoms with van der Waals surface area (Å²) in [6.45, 7) is 0. The quantitative estimate of drug-likeness (QED) is 0.435. The van der Waals surface area contributed by atoms with Crippen molar-refractivity contribution in [3.05, 3.63) is 64.0 Å². The first-order valence-electron chi connectivity index (χ1n) is 7.91. The van der Waals surface area contributed by atoms with Gasteiger partial charge in [-0.05, 0) is 28.8 Å². The van der Waals surface area contributed by atoms with Crippen molar-refractivity contribution < 1.29 is 39.5 Å². The molecule has 0 saturated heterocycles. The first kappa shape index (κ1) is 19.1. The zero-order chi connectivity index (χ0) is 20.6. The predicted octanol–water partition coefficient (Wildman–Crippen LogP) is 1.40. The van der Waals surface area contributed by atoms with Gasteiger partial charge >= 0.3 is 11.9 Å². The molecule has 9 nitrogen and oxygen atoms in total.